The summed E-state index contributed by atoms with van der Waals surface area (Å²) in [7, 11) is 0.480. The molecule has 1 saturated heterocycles. The van der Waals surface area contributed by atoms with E-state index in [1.54, 1.807) is 50.2 Å². The third-order valence-corrected chi connectivity index (χ3v) is 14.3. The summed E-state index contributed by atoms with van der Waals surface area (Å²) in [5.74, 6) is -2.98. The van der Waals surface area contributed by atoms with Crippen LogP contribution in [-0.2, 0) is 29.1 Å². The van der Waals surface area contributed by atoms with E-state index in [2.05, 4.69) is 30.9 Å². The molecule has 0 bridgehead atoms. The molecule has 4 amide bonds. The van der Waals surface area contributed by atoms with Crippen LogP contribution < -0.4 is 35.3 Å². The van der Waals surface area contributed by atoms with Gasteiger partial charge in [-0.1, -0.05) is 26.0 Å². The number of halogens is 4. The van der Waals surface area contributed by atoms with Crippen LogP contribution in [0.15, 0.2) is 30.4 Å². The molecule has 7 atom stereocenters. The van der Waals surface area contributed by atoms with Gasteiger partial charge in [-0.2, -0.15) is 18.2 Å². The number of nitrogens with one attached hydrogen (secondary N) is 4. The number of benzene rings is 1. The number of hydrazine groups is 1. The highest BCUT2D eigenvalue weighted by molar-refractivity contribution is 7.91. The van der Waals surface area contributed by atoms with Gasteiger partial charge in [0.2, 0.25) is 39.3 Å². The second-order valence-corrected chi connectivity index (χ2v) is 19.7. The lowest BCUT2D eigenvalue weighted by Crippen LogP contribution is -2.61. The molecule has 3 heterocycles. The molecule has 62 heavy (non-hydrogen) atoms. The maximum Gasteiger partial charge on any atom is 0.427 e. The third kappa shape index (κ3) is 9.49. The lowest BCUT2D eigenvalue weighted by atomic mass is 9.88. The molecule has 1 aromatic heterocycles. The second-order valence-electron chi connectivity index (χ2n) is 17.6. The molecule has 3 fully saturated rings. The van der Waals surface area contributed by atoms with E-state index in [1.807, 2.05) is 17.7 Å². The van der Waals surface area contributed by atoms with Crippen LogP contribution >= 0.6 is 0 Å². The summed E-state index contributed by atoms with van der Waals surface area (Å²) >= 11 is 0. The fourth-order valence-electron chi connectivity index (χ4n) is 7.85. The summed E-state index contributed by atoms with van der Waals surface area (Å²) in [6, 6.07) is 2.36. The Hall–Kier alpha value is -4.99. The number of hydrogen-bond donors (Lipinski definition) is 4. The van der Waals surface area contributed by atoms with Crippen LogP contribution in [0, 0.1) is 17.8 Å². The van der Waals surface area contributed by atoms with Gasteiger partial charge >= 0.3 is 12.3 Å². The van der Waals surface area contributed by atoms with E-state index in [0.29, 0.717) is 49.8 Å². The number of amides is 4. The van der Waals surface area contributed by atoms with Gasteiger partial charge in [-0.05, 0) is 76.3 Å². The third-order valence-electron chi connectivity index (χ3n) is 12.2. The zero-order chi connectivity index (χ0) is 45.6. The van der Waals surface area contributed by atoms with Crippen LogP contribution in [0.3, 0.4) is 0 Å². The van der Waals surface area contributed by atoms with E-state index in [1.165, 1.54) is 12.0 Å². The van der Waals surface area contributed by atoms with Crippen molar-refractivity contribution in [2.75, 3.05) is 39.3 Å². The molecule has 2 aromatic rings. The number of anilines is 1. The molecule has 6 rings (SSSR count). The molecule has 17 nitrogen and oxygen atoms in total. The highest BCUT2D eigenvalue weighted by atomic mass is 32.2. The molecule has 4 N–H and O–H groups in total. The summed E-state index contributed by atoms with van der Waals surface area (Å²) < 4.78 is 97.9. The van der Waals surface area contributed by atoms with Crippen LogP contribution in [-0.4, -0.2) is 122 Å². The van der Waals surface area contributed by atoms with Crippen molar-refractivity contribution in [2.24, 2.45) is 17.8 Å². The van der Waals surface area contributed by atoms with Gasteiger partial charge in [0.1, 0.15) is 40.9 Å². The van der Waals surface area contributed by atoms with Gasteiger partial charge in [-0.25, -0.2) is 28.0 Å². The number of carbonyl (C=O) groups is 4. The zero-order valence-electron chi connectivity index (χ0n) is 35.6. The smallest absolute Gasteiger partial charge is 0.427 e. The number of sulfonamides is 1. The topological polar surface area (TPSA) is 210 Å². The van der Waals surface area contributed by atoms with Crippen molar-refractivity contribution >= 4 is 50.7 Å². The summed E-state index contributed by atoms with van der Waals surface area (Å²) in [5.41, 5.74) is 0.500. The van der Waals surface area contributed by atoms with E-state index in [-0.39, 0.29) is 50.0 Å². The normalized spacial score (nSPS) is 28.3. The Bertz CT molecular complexity index is 2210. The van der Waals surface area contributed by atoms with E-state index >= 15 is 0 Å². The minimum atomic E-state index is -4.91. The highest BCUT2D eigenvalue weighted by Gasteiger charge is 2.64. The molecule has 1 aromatic carbocycles. The molecule has 0 spiro atoms. The average Bonchev–Trinajstić information content (AvgIpc) is 4.10. The van der Waals surface area contributed by atoms with Crippen molar-refractivity contribution in [2.45, 2.75) is 113 Å². The number of hydrogen-bond acceptors (Lipinski definition) is 13. The Labute approximate surface area is 357 Å². The summed E-state index contributed by atoms with van der Waals surface area (Å²) in [6.45, 7) is 3.57. The molecule has 22 heteroatoms. The molecule has 0 radical (unpaired) electrons. The average molecular weight is 899 g/mol. The maximum absolute atomic E-state index is 14.9. The van der Waals surface area contributed by atoms with Gasteiger partial charge in [0.05, 0.1) is 24.6 Å². The Balaban J connectivity index is 1.36. The van der Waals surface area contributed by atoms with Gasteiger partial charge in [0.25, 0.3) is 5.91 Å². The van der Waals surface area contributed by atoms with Crippen molar-refractivity contribution in [3.63, 3.8) is 0 Å². The van der Waals surface area contributed by atoms with E-state index in [4.69, 9.17) is 9.47 Å². The quantitative estimate of drug-likeness (QED) is 0.144. The van der Waals surface area contributed by atoms with Gasteiger partial charge in [0.15, 0.2) is 0 Å². The number of alkyl halides is 4. The van der Waals surface area contributed by atoms with Crippen molar-refractivity contribution in [1.82, 2.24) is 35.8 Å². The Morgan fingerprint density at radius 1 is 1.10 bits per heavy atom. The molecule has 2 aliphatic heterocycles. The monoisotopic (exact) mass is 898 g/mol. The number of nitrogens with zero attached hydrogens (tertiary/aromatic N) is 4. The SMILES string of the molecule is COc1ccc2c(O[C@@H]3C[C@H]4C(=O)N[C@]5(C(=O)NS(=O)(=O)C6(CF)CC6)C[C@H]5/C=C\CC[C@H](C)C[C@@H](C)[C@H](NNC(=O)OC(C)(C)C(F)(F)F)C(=O)N4C3)nc(N(C)C)nc2c1. The van der Waals surface area contributed by atoms with E-state index < -0.39 is 92.6 Å². The highest BCUT2D eigenvalue weighted by Crippen LogP contribution is 2.48. The molecule has 0 unspecified atom stereocenters. The van der Waals surface area contributed by atoms with Gasteiger partial charge in [-0.15, -0.1) is 0 Å². The predicted octanol–water partition coefficient (Wildman–Crippen LogP) is 3.83. The Kier molecular flexibility index (Phi) is 13.0. The predicted molar refractivity (Wildman–Crippen MR) is 217 cm³/mol. The first-order chi connectivity index (χ1) is 29.0. The molecule has 2 aliphatic carbocycles. The number of rotatable bonds is 11. The molecule has 342 valence electrons. The van der Waals surface area contributed by atoms with Crippen LogP contribution in [0.1, 0.15) is 72.6 Å². The van der Waals surface area contributed by atoms with E-state index in [9.17, 15) is 45.2 Å². The number of aromatic nitrogens is 2. The second kappa shape index (κ2) is 17.3. The maximum atomic E-state index is 14.9. The first kappa shape index (κ1) is 46.5. The van der Waals surface area contributed by atoms with Crippen molar-refractivity contribution in [1.29, 1.82) is 0 Å². The van der Waals surface area contributed by atoms with Crippen LogP contribution in [0.25, 0.3) is 10.9 Å². The van der Waals surface area contributed by atoms with Gasteiger partial charge in [0, 0.05) is 32.5 Å². The Morgan fingerprint density at radius 2 is 1.81 bits per heavy atom. The van der Waals surface area contributed by atoms with Crippen molar-refractivity contribution in [3.05, 3.63) is 30.4 Å². The summed E-state index contributed by atoms with van der Waals surface area (Å²) in [5, 5.41) is 3.23. The minimum Gasteiger partial charge on any atom is -0.497 e. The van der Waals surface area contributed by atoms with Gasteiger partial charge < -0.3 is 29.3 Å². The van der Waals surface area contributed by atoms with Gasteiger partial charge in [-0.3, -0.25) is 24.5 Å². The minimum absolute atomic E-state index is 0.0145. The number of allylic oxidation sites excluding steroid dienone is 1. The molecular weight excluding hydrogens is 845 g/mol. The summed E-state index contributed by atoms with van der Waals surface area (Å²) in [6.07, 6.45) is -2.40. The lowest BCUT2D eigenvalue weighted by molar-refractivity contribution is -0.244. The number of ether oxygens (including phenoxy) is 3. The number of fused-ring (bicyclic) bond motifs is 3. The molecule has 4 aliphatic rings. The number of carbonyl (C=O) groups excluding carboxylic acids is 4. The fraction of sp³-hybridized carbons (Fsp3) is 0.650. The van der Waals surface area contributed by atoms with Crippen molar-refractivity contribution < 1.29 is 59.4 Å². The van der Waals surface area contributed by atoms with Crippen LogP contribution in [0.5, 0.6) is 11.6 Å². The largest absolute Gasteiger partial charge is 0.497 e. The summed E-state index contributed by atoms with van der Waals surface area (Å²) in [4.78, 5) is 68.2. The van der Waals surface area contributed by atoms with E-state index in [0.717, 1.165) is 0 Å². The molecular formula is C40H54F4N8O9S. The van der Waals surface area contributed by atoms with Crippen LogP contribution in [0.2, 0.25) is 0 Å². The Morgan fingerprint density at radius 3 is 2.44 bits per heavy atom. The number of methoxy groups -OCH3 is 1. The standard InChI is InChI=1S/C40H54F4N8O9S/c1-22-10-8-9-11-24-19-39(24,34(55)50-62(57,58)38(21-41)14-15-38)47-31(53)29-18-26(60-32-27-13-12-25(59-7)17-28(27)45-35(46-32)51(5)6)20-52(29)33(54)30(23(2)16-22)48-49-36(56)61-37(3,4)40(42,43)44/h9,11-13,17,22-24,26,29-30,48H,8,10,14-16,18-21H2,1-7H3,(H,47,53)(H,49,56)(H,50,55)/b11-9-/t22-,23+,24+,26+,29-,30-,39+/m0/s1. The lowest BCUT2D eigenvalue weighted by Gasteiger charge is -2.33. The fourth-order valence-corrected chi connectivity index (χ4v) is 9.27. The first-order valence-electron chi connectivity index (χ1n) is 20.4. The van der Waals surface area contributed by atoms with Crippen LogP contribution in [0.4, 0.5) is 28.3 Å². The van der Waals surface area contributed by atoms with Crippen molar-refractivity contribution in [3.8, 4) is 11.6 Å². The molecule has 2 saturated carbocycles. The zero-order valence-corrected chi connectivity index (χ0v) is 36.4. The first-order valence-corrected chi connectivity index (χ1v) is 21.9.